The number of nitrogens with zero attached hydrogens (tertiary/aromatic N) is 2. The summed E-state index contributed by atoms with van der Waals surface area (Å²) in [4.78, 5) is 16.7. The zero-order valence-corrected chi connectivity index (χ0v) is 18.8. The summed E-state index contributed by atoms with van der Waals surface area (Å²) in [5, 5.41) is 0. The van der Waals surface area contributed by atoms with Gasteiger partial charge in [0.1, 0.15) is 5.75 Å². The third-order valence-corrected chi connectivity index (χ3v) is 6.36. The first-order chi connectivity index (χ1) is 15.0. The largest absolute Gasteiger partial charge is 0.496 e. The Balaban J connectivity index is 1.57. The lowest BCUT2D eigenvalue weighted by Crippen LogP contribution is -2.40. The van der Waals surface area contributed by atoms with E-state index < -0.39 is 0 Å². The molecular formula is C25H32N2O4. The van der Waals surface area contributed by atoms with Crippen LogP contribution in [0.3, 0.4) is 0 Å². The van der Waals surface area contributed by atoms with Gasteiger partial charge in [-0.25, -0.2) is 0 Å². The molecule has 0 radical (unpaired) electrons. The molecule has 2 aliphatic rings. The molecule has 0 spiro atoms. The first kappa shape index (κ1) is 21.5. The second-order valence-corrected chi connectivity index (χ2v) is 8.76. The lowest BCUT2D eigenvalue weighted by atomic mass is 9.87. The molecule has 1 fully saturated rings. The molecule has 0 N–H and O–H groups in total. The smallest absolute Gasteiger partial charge is 0.231 e. The Hall–Kier alpha value is -2.73. The topological polar surface area (TPSA) is 51.2 Å². The minimum atomic E-state index is 0.128. The first-order valence-electron chi connectivity index (χ1n) is 11.0. The van der Waals surface area contributed by atoms with Crippen molar-refractivity contribution in [2.24, 2.45) is 5.92 Å². The molecule has 0 bridgehead atoms. The van der Waals surface area contributed by atoms with Crippen molar-refractivity contribution >= 4 is 5.91 Å². The van der Waals surface area contributed by atoms with Crippen LogP contribution in [0.5, 0.6) is 17.2 Å². The Morgan fingerprint density at radius 2 is 1.94 bits per heavy atom. The molecule has 2 aromatic rings. The zero-order chi connectivity index (χ0) is 22.0. The summed E-state index contributed by atoms with van der Waals surface area (Å²) in [6, 6.07) is 14.6. The standard InChI is InChI=1S/C25H32N2O4/c1-17(2)27(18(3)28)14-20-13-26(12-19-9-10-24-25(11-19)31-16-30-24)15-22(20)21-7-5-6-8-23(21)29-4/h5-11,17,20,22H,12-16H2,1-4H3. The Morgan fingerprint density at radius 3 is 2.68 bits per heavy atom. The van der Waals surface area contributed by atoms with Gasteiger partial charge in [-0.2, -0.15) is 0 Å². The molecule has 2 heterocycles. The van der Waals surface area contributed by atoms with Crippen molar-refractivity contribution in [3.05, 3.63) is 53.6 Å². The van der Waals surface area contributed by atoms with E-state index in [0.717, 1.165) is 43.4 Å². The minimum absolute atomic E-state index is 0.128. The van der Waals surface area contributed by atoms with Gasteiger partial charge in [-0.05, 0) is 49.1 Å². The van der Waals surface area contributed by atoms with Gasteiger partial charge in [0, 0.05) is 45.1 Å². The lowest BCUT2D eigenvalue weighted by Gasteiger charge is -2.31. The first-order valence-corrected chi connectivity index (χ1v) is 11.0. The highest BCUT2D eigenvalue weighted by atomic mass is 16.7. The fraction of sp³-hybridized carbons (Fsp3) is 0.480. The zero-order valence-electron chi connectivity index (χ0n) is 18.8. The third-order valence-electron chi connectivity index (χ3n) is 6.36. The predicted molar refractivity (Wildman–Crippen MR) is 120 cm³/mol. The van der Waals surface area contributed by atoms with Crippen LogP contribution in [0.4, 0.5) is 0 Å². The van der Waals surface area contributed by atoms with Crippen LogP contribution in [0.15, 0.2) is 42.5 Å². The Bertz CT molecular complexity index is 929. The van der Waals surface area contributed by atoms with E-state index >= 15 is 0 Å². The molecule has 2 atom stereocenters. The molecule has 0 saturated carbocycles. The fourth-order valence-corrected chi connectivity index (χ4v) is 4.85. The maximum atomic E-state index is 12.3. The highest BCUT2D eigenvalue weighted by Gasteiger charge is 2.37. The Morgan fingerprint density at radius 1 is 1.16 bits per heavy atom. The van der Waals surface area contributed by atoms with Gasteiger partial charge >= 0.3 is 0 Å². The average Bonchev–Trinajstić information content (AvgIpc) is 3.37. The second-order valence-electron chi connectivity index (χ2n) is 8.76. The van der Waals surface area contributed by atoms with Crippen LogP contribution in [0.2, 0.25) is 0 Å². The SMILES string of the molecule is COc1ccccc1C1CN(Cc2ccc3c(c2)OCO3)CC1CN(C(C)=O)C(C)C. The van der Waals surface area contributed by atoms with Crippen molar-refractivity contribution in [1.82, 2.24) is 9.80 Å². The minimum Gasteiger partial charge on any atom is -0.496 e. The van der Waals surface area contributed by atoms with Crippen LogP contribution >= 0.6 is 0 Å². The van der Waals surface area contributed by atoms with Gasteiger partial charge in [0.05, 0.1) is 7.11 Å². The summed E-state index contributed by atoms with van der Waals surface area (Å²) in [6.07, 6.45) is 0. The van der Waals surface area contributed by atoms with Gasteiger partial charge in [0.25, 0.3) is 0 Å². The summed E-state index contributed by atoms with van der Waals surface area (Å²) in [7, 11) is 1.73. The van der Waals surface area contributed by atoms with Crippen molar-refractivity contribution in [2.45, 2.75) is 39.3 Å². The molecule has 1 amide bonds. The quantitative estimate of drug-likeness (QED) is 0.675. The summed E-state index contributed by atoms with van der Waals surface area (Å²) >= 11 is 0. The number of ether oxygens (including phenoxy) is 3. The van der Waals surface area contributed by atoms with Gasteiger partial charge in [0.2, 0.25) is 12.7 Å². The molecule has 6 nitrogen and oxygen atoms in total. The summed E-state index contributed by atoms with van der Waals surface area (Å²) in [5.74, 6) is 3.30. The van der Waals surface area contributed by atoms with Gasteiger partial charge < -0.3 is 19.1 Å². The second kappa shape index (κ2) is 9.18. The number of benzene rings is 2. The molecular weight excluding hydrogens is 392 g/mol. The van der Waals surface area contributed by atoms with Crippen LogP contribution in [0.25, 0.3) is 0 Å². The van der Waals surface area contributed by atoms with Gasteiger partial charge in [-0.15, -0.1) is 0 Å². The van der Waals surface area contributed by atoms with E-state index in [1.54, 1.807) is 14.0 Å². The molecule has 1 saturated heterocycles. The number of rotatable bonds is 7. The molecule has 0 aliphatic carbocycles. The number of hydrogen-bond donors (Lipinski definition) is 0. The summed E-state index contributed by atoms with van der Waals surface area (Å²) in [6.45, 7) is 9.54. The molecule has 2 aromatic carbocycles. The number of amides is 1. The van der Waals surface area contributed by atoms with Crippen molar-refractivity contribution in [3.63, 3.8) is 0 Å². The van der Waals surface area contributed by atoms with Crippen LogP contribution in [-0.2, 0) is 11.3 Å². The molecule has 4 rings (SSSR count). The average molecular weight is 425 g/mol. The maximum Gasteiger partial charge on any atom is 0.231 e. The highest BCUT2D eigenvalue weighted by Crippen LogP contribution is 2.39. The Kier molecular flexibility index (Phi) is 6.37. The van der Waals surface area contributed by atoms with E-state index in [1.807, 2.05) is 23.1 Å². The number of carbonyl (C=O) groups excluding carboxylic acids is 1. The van der Waals surface area contributed by atoms with Crippen LogP contribution < -0.4 is 14.2 Å². The molecule has 2 aliphatic heterocycles. The van der Waals surface area contributed by atoms with E-state index in [-0.39, 0.29) is 18.7 Å². The molecule has 2 unspecified atom stereocenters. The maximum absolute atomic E-state index is 12.3. The van der Waals surface area contributed by atoms with Crippen molar-refractivity contribution in [3.8, 4) is 17.2 Å². The van der Waals surface area contributed by atoms with E-state index in [4.69, 9.17) is 14.2 Å². The number of carbonyl (C=O) groups is 1. The van der Waals surface area contributed by atoms with E-state index in [2.05, 4.69) is 43.0 Å². The van der Waals surface area contributed by atoms with E-state index in [0.29, 0.717) is 11.8 Å². The molecule has 6 heteroatoms. The number of methoxy groups -OCH3 is 1. The normalized spacial score (nSPS) is 20.3. The van der Waals surface area contributed by atoms with Crippen LogP contribution in [0.1, 0.15) is 37.8 Å². The summed E-state index contributed by atoms with van der Waals surface area (Å²) < 4.78 is 16.7. The van der Waals surface area contributed by atoms with Gasteiger partial charge in [-0.1, -0.05) is 24.3 Å². The van der Waals surface area contributed by atoms with Gasteiger partial charge in [-0.3, -0.25) is 9.69 Å². The van der Waals surface area contributed by atoms with E-state index in [1.165, 1.54) is 11.1 Å². The van der Waals surface area contributed by atoms with Crippen LogP contribution in [-0.4, -0.2) is 55.3 Å². The number of likely N-dealkylation sites (tertiary alicyclic amines) is 1. The fourth-order valence-electron chi connectivity index (χ4n) is 4.85. The summed E-state index contributed by atoms with van der Waals surface area (Å²) in [5.41, 5.74) is 2.42. The van der Waals surface area contributed by atoms with Crippen LogP contribution in [0, 0.1) is 5.92 Å². The van der Waals surface area contributed by atoms with Gasteiger partial charge in [0.15, 0.2) is 11.5 Å². The third kappa shape index (κ3) is 4.64. The van der Waals surface area contributed by atoms with E-state index in [9.17, 15) is 4.79 Å². The lowest BCUT2D eigenvalue weighted by molar-refractivity contribution is -0.131. The molecule has 166 valence electrons. The number of para-hydroxylation sites is 1. The van der Waals surface area contributed by atoms with Crippen molar-refractivity contribution in [1.29, 1.82) is 0 Å². The highest BCUT2D eigenvalue weighted by molar-refractivity contribution is 5.73. The molecule has 31 heavy (non-hydrogen) atoms. The van der Waals surface area contributed by atoms with Crippen molar-refractivity contribution in [2.75, 3.05) is 33.5 Å². The number of hydrogen-bond acceptors (Lipinski definition) is 5. The predicted octanol–water partition coefficient (Wildman–Crippen LogP) is 3.90. The monoisotopic (exact) mass is 424 g/mol. The van der Waals surface area contributed by atoms with Crippen molar-refractivity contribution < 1.29 is 19.0 Å². The Labute approximate surface area is 184 Å². The number of fused-ring (bicyclic) bond motifs is 1. The molecule has 0 aromatic heterocycles.